The zero-order valence-electron chi connectivity index (χ0n) is 10.6. The molecule has 0 bridgehead atoms. The van der Waals surface area contributed by atoms with E-state index in [-0.39, 0.29) is 6.04 Å². The van der Waals surface area contributed by atoms with Gasteiger partial charge in [-0.3, -0.25) is 9.98 Å². The molecule has 5 nitrogen and oxygen atoms in total. The highest BCUT2D eigenvalue weighted by molar-refractivity contribution is 5.79. The second kappa shape index (κ2) is 7.62. The van der Waals surface area contributed by atoms with E-state index in [1.54, 1.807) is 20.4 Å². The van der Waals surface area contributed by atoms with Gasteiger partial charge in [-0.05, 0) is 19.1 Å². The molecule has 0 aromatic carbocycles. The molecule has 1 rings (SSSR count). The van der Waals surface area contributed by atoms with Crippen molar-refractivity contribution in [3.8, 4) is 0 Å². The number of nitrogens with zero attached hydrogens (tertiary/aromatic N) is 2. The van der Waals surface area contributed by atoms with E-state index < -0.39 is 0 Å². The zero-order chi connectivity index (χ0) is 12.5. The Morgan fingerprint density at radius 2 is 2.35 bits per heavy atom. The number of rotatable bonds is 5. The second-order valence-corrected chi connectivity index (χ2v) is 3.75. The molecule has 17 heavy (non-hydrogen) atoms. The number of ether oxygens (including phenoxy) is 1. The van der Waals surface area contributed by atoms with Crippen molar-refractivity contribution in [2.45, 2.75) is 19.5 Å². The molecule has 0 radical (unpaired) electrons. The number of guanidine groups is 1. The van der Waals surface area contributed by atoms with E-state index in [1.165, 1.54) is 0 Å². The van der Waals surface area contributed by atoms with E-state index in [2.05, 4.69) is 20.6 Å². The van der Waals surface area contributed by atoms with Crippen LogP contribution in [0.25, 0.3) is 0 Å². The Labute approximate surface area is 102 Å². The van der Waals surface area contributed by atoms with Crippen LogP contribution in [-0.2, 0) is 11.3 Å². The van der Waals surface area contributed by atoms with E-state index in [1.807, 2.05) is 25.1 Å². The molecule has 0 fully saturated rings. The molecule has 0 aliphatic heterocycles. The minimum absolute atomic E-state index is 0.218. The van der Waals surface area contributed by atoms with Gasteiger partial charge in [0.05, 0.1) is 18.8 Å². The minimum Gasteiger partial charge on any atom is -0.383 e. The monoisotopic (exact) mass is 236 g/mol. The molecule has 0 saturated heterocycles. The maximum absolute atomic E-state index is 5.05. The summed E-state index contributed by atoms with van der Waals surface area (Å²) in [6.07, 6.45) is 1.78. The van der Waals surface area contributed by atoms with E-state index in [0.29, 0.717) is 13.2 Å². The molecule has 94 valence electrons. The lowest BCUT2D eigenvalue weighted by molar-refractivity contribution is 0.179. The number of hydrogen-bond acceptors (Lipinski definition) is 3. The SMILES string of the molecule is CN=C(NCc1ccccn1)NC(C)COC. The van der Waals surface area contributed by atoms with Crippen molar-refractivity contribution in [3.63, 3.8) is 0 Å². The third-order valence-corrected chi connectivity index (χ3v) is 2.19. The van der Waals surface area contributed by atoms with Gasteiger partial charge in [0.1, 0.15) is 0 Å². The molecular formula is C12H20N4O. The highest BCUT2D eigenvalue weighted by atomic mass is 16.5. The first-order chi connectivity index (χ1) is 8.26. The van der Waals surface area contributed by atoms with Crippen LogP contribution in [0.3, 0.4) is 0 Å². The normalized spacial score (nSPS) is 13.2. The maximum atomic E-state index is 5.05. The summed E-state index contributed by atoms with van der Waals surface area (Å²) in [5.41, 5.74) is 0.981. The molecule has 1 heterocycles. The Morgan fingerprint density at radius 3 is 2.94 bits per heavy atom. The molecule has 1 atom stereocenters. The fraction of sp³-hybridized carbons (Fsp3) is 0.500. The van der Waals surface area contributed by atoms with Gasteiger partial charge >= 0.3 is 0 Å². The van der Waals surface area contributed by atoms with Crippen LogP contribution in [0.15, 0.2) is 29.4 Å². The summed E-state index contributed by atoms with van der Waals surface area (Å²) in [7, 11) is 3.43. The average molecular weight is 236 g/mol. The Hall–Kier alpha value is -1.62. The Morgan fingerprint density at radius 1 is 1.53 bits per heavy atom. The van der Waals surface area contributed by atoms with Crippen LogP contribution in [0.1, 0.15) is 12.6 Å². The van der Waals surface area contributed by atoms with E-state index in [4.69, 9.17) is 4.74 Å². The van der Waals surface area contributed by atoms with Crippen LogP contribution in [-0.4, -0.2) is 37.7 Å². The van der Waals surface area contributed by atoms with Crippen molar-refractivity contribution in [1.82, 2.24) is 15.6 Å². The number of nitrogens with one attached hydrogen (secondary N) is 2. The summed E-state index contributed by atoms with van der Waals surface area (Å²) < 4.78 is 5.05. The molecule has 0 spiro atoms. The second-order valence-electron chi connectivity index (χ2n) is 3.75. The van der Waals surface area contributed by atoms with Crippen molar-refractivity contribution in [3.05, 3.63) is 30.1 Å². The van der Waals surface area contributed by atoms with Crippen molar-refractivity contribution < 1.29 is 4.74 Å². The topological polar surface area (TPSA) is 58.5 Å². The first kappa shape index (κ1) is 13.4. The van der Waals surface area contributed by atoms with Gasteiger partial charge in [-0.2, -0.15) is 0 Å². The van der Waals surface area contributed by atoms with Gasteiger partial charge in [0.15, 0.2) is 5.96 Å². The first-order valence-electron chi connectivity index (χ1n) is 5.62. The maximum Gasteiger partial charge on any atom is 0.191 e. The Balaban J connectivity index is 2.38. The van der Waals surface area contributed by atoms with Crippen LogP contribution in [0.2, 0.25) is 0 Å². The number of aliphatic imine (C=N–C) groups is 1. The van der Waals surface area contributed by atoms with Crippen molar-refractivity contribution in [1.29, 1.82) is 0 Å². The molecule has 1 aromatic heterocycles. The van der Waals surface area contributed by atoms with Gasteiger partial charge < -0.3 is 15.4 Å². The molecule has 5 heteroatoms. The standard InChI is InChI=1S/C12H20N4O/c1-10(9-17-3)16-12(13-2)15-8-11-6-4-5-7-14-11/h4-7,10H,8-9H2,1-3H3,(H2,13,15,16). The van der Waals surface area contributed by atoms with E-state index in [9.17, 15) is 0 Å². The zero-order valence-corrected chi connectivity index (χ0v) is 10.6. The molecule has 0 amide bonds. The minimum atomic E-state index is 0.218. The first-order valence-corrected chi connectivity index (χ1v) is 5.62. The van der Waals surface area contributed by atoms with E-state index in [0.717, 1.165) is 11.7 Å². The summed E-state index contributed by atoms with van der Waals surface area (Å²) in [5.74, 6) is 0.750. The lowest BCUT2D eigenvalue weighted by atomic mass is 10.3. The van der Waals surface area contributed by atoms with Gasteiger partial charge in [0, 0.05) is 26.4 Å². The van der Waals surface area contributed by atoms with Gasteiger partial charge in [0.25, 0.3) is 0 Å². The van der Waals surface area contributed by atoms with Crippen LogP contribution in [0.5, 0.6) is 0 Å². The Kier molecular flexibility index (Phi) is 6.03. The number of hydrogen-bond donors (Lipinski definition) is 2. The highest BCUT2D eigenvalue weighted by Gasteiger charge is 2.04. The van der Waals surface area contributed by atoms with E-state index >= 15 is 0 Å². The van der Waals surface area contributed by atoms with Gasteiger partial charge in [-0.25, -0.2) is 0 Å². The molecular weight excluding hydrogens is 216 g/mol. The highest BCUT2D eigenvalue weighted by Crippen LogP contribution is 1.92. The third-order valence-electron chi connectivity index (χ3n) is 2.19. The van der Waals surface area contributed by atoms with Crippen molar-refractivity contribution in [2.75, 3.05) is 20.8 Å². The number of methoxy groups -OCH3 is 1. The molecule has 1 unspecified atom stereocenters. The van der Waals surface area contributed by atoms with Crippen molar-refractivity contribution in [2.24, 2.45) is 4.99 Å². The molecule has 2 N–H and O–H groups in total. The number of pyridine rings is 1. The molecule has 0 aliphatic rings. The van der Waals surface area contributed by atoms with Crippen LogP contribution < -0.4 is 10.6 Å². The molecule has 0 aliphatic carbocycles. The summed E-state index contributed by atoms with van der Waals surface area (Å²) in [6.45, 7) is 3.33. The summed E-state index contributed by atoms with van der Waals surface area (Å²) in [5, 5.41) is 6.42. The van der Waals surface area contributed by atoms with Crippen molar-refractivity contribution >= 4 is 5.96 Å². The smallest absolute Gasteiger partial charge is 0.191 e. The summed E-state index contributed by atoms with van der Waals surface area (Å²) in [4.78, 5) is 8.37. The lowest BCUT2D eigenvalue weighted by Crippen LogP contribution is -2.43. The molecule has 1 aromatic rings. The predicted molar refractivity (Wildman–Crippen MR) is 68.9 cm³/mol. The van der Waals surface area contributed by atoms with Gasteiger partial charge in [-0.15, -0.1) is 0 Å². The third kappa shape index (κ3) is 5.31. The lowest BCUT2D eigenvalue weighted by Gasteiger charge is -2.16. The van der Waals surface area contributed by atoms with Gasteiger partial charge in [-0.1, -0.05) is 6.07 Å². The van der Waals surface area contributed by atoms with Gasteiger partial charge in [0.2, 0.25) is 0 Å². The summed E-state index contributed by atoms with van der Waals surface area (Å²) in [6, 6.07) is 6.05. The Bertz CT molecular complexity index is 340. The molecule has 0 saturated carbocycles. The van der Waals surface area contributed by atoms with Crippen LogP contribution in [0.4, 0.5) is 0 Å². The fourth-order valence-electron chi connectivity index (χ4n) is 1.40. The summed E-state index contributed by atoms with van der Waals surface area (Å²) >= 11 is 0. The largest absolute Gasteiger partial charge is 0.383 e. The van der Waals surface area contributed by atoms with Crippen LogP contribution >= 0.6 is 0 Å². The quantitative estimate of drug-likeness (QED) is 0.586. The average Bonchev–Trinajstić information content (AvgIpc) is 2.36. The predicted octanol–water partition coefficient (Wildman–Crippen LogP) is 0.781. The number of aromatic nitrogens is 1. The fourth-order valence-corrected chi connectivity index (χ4v) is 1.40. The van der Waals surface area contributed by atoms with Crippen LogP contribution in [0, 0.1) is 0 Å².